The number of nitrogens with one attached hydrogen (secondary N) is 1. The van der Waals surface area contributed by atoms with E-state index in [-0.39, 0.29) is 5.91 Å². The number of hydrogen-bond acceptors (Lipinski definition) is 7. The maximum atomic E-state index is 13.0. The molecule has 2 aliphatic rings. The van der Waals surface area contributed by atoms with Gasteiger partial charge in [-0.2, -0.15) is 0 Å². The number of aromatic nitrogens is 2. The molecule has 0 spiro atoms. The Hall–Kier alpha value is -3.49. The Balaban J connectivity index is 1.23. The fourth-order valence-corrected chi connectivity index (χ4v) is 6.40. The van der Waals surface area contributed by atoms with Crippen LogP contribution in [0.2, 0.25) is 0 Å². The number of piperazine rings is 1. The molecule has 1 N–H and O–H groups in total. The van der Waals surface area contributed by atoms with Crippen LogP contribution in [0.5, 0.6) is 0 Å². The van der Waals surface area contributed by atoms with Gasteiger partial charge in [0.2, 0.25) is 5.95 Å². The van der Waals surface area contributed by atoms with Crippen molar-refractivity contribution >= 4 is 44.7 Å². The number of aryl methyl sites for hydroxylation is 1. The molecule has 4 heterocycles. The molecule has 2 fully saturated rings. The molecule has 8 heteroatoms. The van der Waals surface area contributed by atoms with Crippen LogP contribution in [-0.4, -0.2) is 72.0 Å². The van der Waals surface area contributed by atoms with Gasteiger partial charge in [0.1, 0.15) is 0 Å². The smallest absolute Gasteiger partial charge is 0.253 e. The number of likely N-dealkylation sites (N-methyl/N-ethyl adjacent to an activating group) is 1. The molecule has 0 unspecified atom stereocenters. The molecule has 0 radical (unpaired) electrons. The fourth-order valence-electron chi connectivity index (χ4n) is 5.30. The minimum Gasteiger partial charge on any atom is -0.369 e. The van der Waals surface area contributed by atoms with Crippen LogP contribution in [0, 0.1) is 6.92 Å². The summed E-state index contributed by atoms with van der Waals surface area (Å²) in [5, 5.41) is 4.50. The lowest BCUT2D eigenvalue weighted by molar-refractivity contribution is 0.0724. The van der Waals surface area contributed by atoms with Crippen molar-refractivity contribution in [2.45, 2.75) is 26.2 Å². The van der Waals surface area contributed by atoms with Crippen LogP contribution in [0.4, 0.5) is 17.3 Å². The number of amides is 1. The molecule has 0 saturated carbocycles. The highest BCUT2D eigenvalue weighted by atomic mass is 32.1. The van der Waals surface area contributed by atoms with Crippen molar-refractivity contribution in [3.63, 3.8) is 0 Å². The third kappa shape index (κ3) is 5.24. The highest BCUT2D eigenvalue weighted by Gasteiger charge is 2.19. The molecule has 4 aromatic rings. The minimum atomic E-state index is 0.142. The van der Waals surface area contributed by atoms with Gasteiger partial charge in [-0.15, -0.1) is 11.3 Å². The molecule has 2 saturated heterocycles. The van der Waals surface area contributed by atoms with E-state index in [2.05, 4.69) is 63.5 Å². The second-order valence-electron chi connectivity index (χ2n) is 10.4. The van der Waals surface area contributed by atoms with E-state index in [1.807, 2.05) is 30.2 Å². The zero-order valence-corrected chi connectivity index (χ0v) is 22.9. The lowest BCUT2D eigenvalue weighted by Gasteiger charge is -2.34. The number of piperidine rings is 1. The van der Waals surface area contributed by atoms with Crippen molar-refractivity contribution in [2.75, 3.05) is 56.5 Å². The second-order valence-corrected chi connectivity index (χ2v) is 11.5. The summed E-state index contributed by atoms with van der Waals surface area (Å²) in [6, 6.07) is 16.7. The van der Waals surface area contributed by atoms with Gasteiger partial charge in [0, 0.05) is 67.1 Å². The van der Waals surface area contributed by atoms with Gasteiger partial charge in [0.15, 0.2) is 0 Å². The van der Waals surface area contributed by atoms with E-state index in [1.165, 1.54) is 12.1 Å². The SMILES string of the molecule is Cc1cnc(Nc2cccc(N3CCN(C)CC3)c2)nc1-c1cc2cc(C(=O)N3CCCCC3)ccc2s1. The van der Waals surface area contributed by atoms with Crippen LogP contribution in [0.3, 0.4) is 0 Å². The molecule has 0 atom stereocenters. The third-order valence-corrected chi connectivity index (χ3v) is 8.71. The Labute approximate surface area is 228 Å². The molecule has 196 valence electrons. The van der Waals surface area contributed by atoms with Crippen molar-refractivity contribution in [3.8, 4) is 10.6 Å². The maximum absolute atomic E-state index is 13.0. The Bertz CT molecular complexity index is 1450. The van der Waals surface area contributed by atoms with Gasteiger partial charge >= 0.3 is 0 Å². The summed E-state index contributed by atoms with van der Waals surface area (Å²) in [7, 11) is 2.17. The van der Waals surface area contributed by atoms with Crippen LogP contribution in [0.25, 0.3) is 20.7 Å². The number of anilines is 3. The molecule has 2 aliphatic heterocycles. The summed E-state index contributed by atoms with van der Waals surface area (Å²) >= 11 is 1.70. The number of likely N-dealkylation sites (tertiary alicyclic amines) is 1. The van der Waals surface area contributed by atoms with Crippen LogP contribution < -0.4 is 10.2 Å². The first-order valence-electron chi connectivity index (χ1n) is 13.5. The first-order chi connectivity index (χ1) is 18.5. The lowest BCUT2D eigenvalue weighted by Crippen LogP contribution is -2.44. The molecule has 2 aromatic heterocycles. The predicted octanol–water partition coefficient (Wildman–Crippen LogP) is 5.79. The van der Waals surface area contributed by atoms with E-state index in [9.17, 15) is 4.79 Å². The van der Waals surface area contributed by atoms with Gasteiger partial charge in [-0.05, 0) is 86.6 Å². The second kappa shape index (κ2) is 10.7. The van der Waals surface area contributed by atoms with Gasteiger partial charge in [0.25, 0.3) is 5.91 Å². The molecular formula is C30H34N6OS. The largest absolute Gasteiger partial charge is 0.369 e. The van der Waals surface area contributed by atoms with E-state index in [4.69, 9.17) is 4.98 Å². The summed E-state index contributed by atoms with van der Waals surface area (Å²) in [5.41, 5.74) is 4.91. The van der Waals surface area contributed by atoms with Crippen LogP contribution in [0.1, 0.15) is 35.2 Å². The number of carbonyl (C=O) groups excluding carboxylic acids is 1. The van der Waals surface area contributed by atoms with Crippen molar-refractivity contribution in [1.82, 2.24) is 19.8 Å². The van der Waals surface area contributed by atoms with E-state index in [0.29, 0.717) is 5.95 Å². The lowest BCUT2D eigenvalue weighted by atomic mass is 10.1. The number of rotatable bonds is 5. The molecule has 0 aliphatic carbocycles. The van der Waals surface area contributed by atoms with E-state index in [1.54, 1.807) is 11.3 Å². The van der Waals surface area contributed by atoms with E-state index < -0.39 is 0 Å². The molecule has 6 rings (SSSR count). The number of carbonyl (C=O) groups is 1. The number of nitrogens with zero attached hydrogens (tertiary/aromatic N) is 5. The van der Waals surface area contributed by atoms with E-state index >= 15 is 0 Å². The highest BCUT2D eigenvalue weighted by molar-refractivity contribution is 7.22. The highest BCUT2D eigenvalue weighted by Crippen LogP contribution is 2.35. The van der Waals surface area contributed by atoms with Crippen LogP contribution >= 0.6 is 11.3 Å². The Kier molecular flexibility index (Phi) is 7.00. The average Bonchev–Trinajstić information content (AvgIpc) is 3.38. The summed E-state index contributed by atoms with van der Waals surface area (Å²) in [4.78, 5) is 30.4. The quantitative estimate of drug-likeness (QED) is 0.355. The third-order valence-electron chi connectivity index (χ3n) is 7.58. The Morgan fingerprint density at radius 2 is 1.76 bits per heavy atom. The molecular weight excluding hydrogens is 492 g/mol. The van der Waals surface area contributed by atoms with Gasteiger partial charge < -0.3 is 20.0 Å². The van der Waals surface area contributed by atoms with Gasteiger partial charge in [0.05, 0.1) is 10.6 Å². The number of thiophene rings is 1. The van der Waals surface area contributed by atoms with Gasteiger partial charge in [-0.25, -0.2) is 9.97 Å². The molecule has 2 aromatic carbocycles. The van der Waals surface area contributed by atoms with Crippen LogP contribution in [-0.2, 0) is 0 Å². The molecule has 7 nitrogen and oxygen atoms in total. The monoisotopic (exact) mass is 526 g/mol. The zero-order valence-electron chi connectivity index (χ0n) is 22.1. The summed E-state index contributed by atoms with van der Waals surface area (Å²) in [5.74, 6) is 0.724. The van der Waals surface area contributed by atoms with Crippen molar-refractivity contribution in [2.24, 2.45) is 0 Å². The molecule has 1 amide bonds. The predicted molar refractivity (Wildman–Crippen MR) is 157 cm³/mol. The molecule has 0 bridgehead atoms. The summed E-state index contributed by atoms with van der Waals surface area (Å²) < 4.78 is 1.16. The standard InChI is InChI=1S/C30H34N6OS/c1-21-20-31-30(32-24-7-6-8-25(19-24)35-15-13-34(2)14-16-35)33-28(21)27-18-23-17-22(9-10-26(23)38-27)29(37)36-11-4-3-5-12-36/h6-10,17-20H,3-5,11-16H2,1-2H3,(H,31,32,33). The minimum absolute atomic E-state index is 0.142. The van der Waals surface area contributed by atoms with Crippen molar-refractivity contribution < 1.29 is 4.79 Å². The summed E-state index contributed by atoms with van der Waals surface area (Å²) in [6.45, 7) is 7.98. The van der Waals surface area contributed by atoms with Crippen molar-refractivity contribution in [3.05, 3.63) is 65.9 Å². The molecule has 38 heavy (non-hydrogen) atoms. The van der Waals surface area contributed by atoms with Gasteiger partial charge in [-0.1, -0.05) is 6.07 Å². The number of benzene rings is 2. The Morgan fingerprint density at radius 1 is 0.947 bits per heavy atom. The summed E-state index contributed by atoms with van der Waals surface area (Å²) in [6.07, 6.45) is 5.29. The first-order valence-corrected chi connectivity index (χ1v) is 14.3. The number of fused-ring (bicyclic) bond motifs is 1. The average molecular weight is 527 g/mol. The van der Waals surface area contributed by atoms with Gasteiger partial charge in [-0.3, -0.25) is 4.79 Å². The first kappa shape index (κ1) is 24.8. The normalized spacial score (nSPS) is 16.7. The zero-order chi connectivity index (χ0) is 26.1. The van der Waals surface area contributed by atoms with E-state index in [0.717, 1.165) is 89.6 Å². The fraction of sp³-hybridized carbons (Fsp3) is 0.367. The van der Waals surface area contributed by atoms with Crippen LogP contribution in [0.15, 0.2) is 54.7 Å². The Morgan fingerprint density at radius 3 is 2.58 bits per heavy atom. The number of hydrogen-bond donors (Lipinski definition) is 1. The van der Waals surface area contributed by atoms with Crippen molar-refractivity contribution in [1.29, 1.82) is 0 Å². The topological polar surface area (TPSA) is 64.6 Å². The maximum Gasteiger partial charge on any atom is 0.253 e.